The summed E-state index contributed by atoms with van der Waals surface area (Å²) in [5.74, 6) is -0.152. The van der Waals surface area contributed by atoms with Gasteiger partial charge in [-0.15, -0.1) is 0 Å². The van der Waals surface area contributed by atoms with Gasteiger partial charge in [0.2, 0.25) is 0 Å². The summed E-state index contributed by atoms with van der Waals surface area (Å²) in [6.07, 6.45) is 4.72. The Morgan fingerprint density at radius 3 is 2.48 bits per heavy atom. The fourth-order valence-electron chi connectivity index (χ4n) is 2.78. The van der Waals surface area contributed by atoms with Gasteiger partial charge < -0.3 is 10.2 Å². The van der Waals surface area contributed by atoms with Crippen LogP contribution in [0.3, 0.4) is 0 Å². The zero-order valence-electron chi connectivity index (χ0n) is 12.3. The monoisotopic (exact) mass is 292 g/mol. The van der Waals surface area contributed by atoms with E-state index in [1.54, 1.807) is 18.2 Å². The van der Waals surface area contributed by atoms with Crippen molar-refractivity contribution in [3.63, 3.8) is 0 Å². The molecular formula is C15H22N3O3+. The fourth-order valence-corrected chi connectivity index (χ4v) is 2.78. The second-order valence-electron chi connectivity index (χ2n) is 5.56. The Hall–Kier alpha value is -1.95. The van der Waals surface area contributed by atoms with Crippen molar-refractivity contribution >= 4 is 17.3 Å². The molecule has 6 nitrogen and oxygen atoms in total. The number of carbonyl (C=O) groups excluding carboxylic acids is 1. The molecule has 1 amide bonds. The van der Waals surface area contributed by atoms with Gasteiger partial charge in [-0.25, -0.2) is 0 Å². The number of anilines is 1. The summed E-state index contributed by atoms with van der Waals surface area (Å²) in [5.41, 5.74) is 0.206. The molecular weight excluding hydrogens is 270 g/mol. The molecule has 0 aromatic heterocycles. The van der Waals surface area contributed by atoms with E-state index >= 15 is 0 Å². The molecule has 1 atom stereocenters. The lowest BCUT2D eigenvalue weighted by molar-refractivity contribution is -0.913. The molecule has 1 aromatic rings. The number of benzene rings is 1. The molecule has 21 heavy (non-hydrogen) atoms. The summed E-state index contributed by atoms with van der Waals surface area (Å²) >= 11 is 0. The number of hydrogen-bond donors (Lipinski definition) is 2. The van der Waals surface area contributed by atoms with Crippen LogP contribution in [0.25, 0.3) is 0 Å². The molecule has 2 N–H and O–H groups in total. The molecule has 1 saturated heterocycles. The number of para-hydroxylation sites is 2. The van der Waals surface area contributed by atoms with Gasteiger partial charge in [0.15, 0.2) is 6.04 Å². The molecule has 1 heterocycles. The van der Waals surface area contributed by atoms with Gasteiger partial charge in [0.25, 0.3) is 11.6 Å². The van der Waals surface area contributed by atoms with Gasteiger partial charge >= 0.3 is 0 Å². The molecule has 0 aliphatic carbocycles. The molecule has 2 rings (SSSR count). The van der Waals surface area contributed by atoms with Gasteiger partial charge in [-0.05, 0) is 38.7 Å². The smallest absolute Gasteiger partial charge is 0.292 e. The molecule has 0 unspecified atom stereocenters. The number of amides is 1. The van der Waals surface area contributed by atoms with E-state index in [-0.39, 0.29) is 23.3 Å². The highest BCUT2D eigenvalue weighted by Crippen LogP contribution is 2.23. The number of nitro benzene ring substituents is 1. The van der Waals surface area contributed by atoms with Crippen LogP contribution in [-0.4, -0.2) is 30.0 Å². The van der Waals surface area contributed by atoms with Crippen molar-refractivity contribution in [1.82, 2.24) is 0 Å². The molecule has 6 heteroatoms. The summed E-state index contributed by atoms with van der Waals surface area (Å²) in [6.45, 7) is 3.88. The first-order valence-corrected chi connectivity index (χ1v) is 7.48. The molecule has 1 aromatic carbocycles. The SMILES string of the molecule is C[C@@H](C(=O)Nc1ccccc1[N+](=O)[O-])[NH+]1CCCCCC1. The Morgan fingerprint density at radius 1 is 1.24 bits per heavy atom. The van der Waals surface area contributed by atoms with Crippen molar-refractivity contribution in [3.05, 3.63) is 34.4 Å². The molecule has 0 saturated carbocycles. The molecule has 0 radical (unpaired) electrons. The highest BCUT2D eigenvalue weighted by molar-refractivity contribution is 5.95. The minimum absolute atomic E-state index is 0.0658. The first kappa shape index (κ1) is 15.4. The summed E-state index contributed by atoms with van der Waals surface area (Å²) in [5, 5.41) is 13.7. The lowest BCUT2D eigenvalue weighted by Gasteiger charge is -2.23. The lowest BCUT2D eigenvalue weighted by Crippen LogP contribution is -3.16. The Labute approximate surface area is 124 Å². The number of carbonyl (C=O) groups is 1. The van der Waals surface area contributed by atoms with E-state index < -0.39 is 4.92 Å². The zero-order chi connectivity index (χ0) is 15.2. The highest BCUT2D eigenvalue weighted by atomic mass is 16.6. The quantitative estimate of drug-likeness (QED) is 0.650. The third-order valence-electron chi connectivity index (χ3n) is 4.11. The van der Waals surface area contributed by atoms with Gasteiger partial charge in [-0.3, -0.25) is 14.9 Å². The molecule has 114 valence electrons. The van der Waals surface area contributed by atoms with Gasteiger partial charge in [0, 0.05) is 6.07 Å². The van der Waals surface area contributed by atoms with Crippen molar-refractivity contribution in [2.24, 2.45) is 0 Å². The molecule has 1 aliphatic heterocycles. The maximum Gasteiger partial charge on any atom is 0.292 e. The molecule has 1 aliphatic rings. The third-order valence-corrected chi connectivity index (χ3v) is 4.11. The van der Waals surface area contributed by atoms with Crippen molar-refractivity contribution in [3.8, 4) is 0 Å². The van der Waals surface area contributed by atoms with E-state index in [0.29, 0.717) is 0 Å². The van der Waals surface area contributed by atoms with Gasteiger partial charge in [-0.2, -0.15) is 0 Å². The van der Waals surface area contributed by atoms with Gasteiger partial charge in [0.1, 0.15) is 5.69 Å². The number of likely N-dealkylation sites (tertiary alicyclic amines) is 1. The van der Waals surface area contributed by atoms with E-state index in [1.165, 1.54) is 23.8 Å². The van der Waals surface area contributed by atoms with Crippen LogP contribution in [-0.2, 0) is 4.79 Å². The van der Waals surface area contributed by atoms with Crippen LogP contribution in [0.5, 0.6) is 0 Å². The van der Waals surface area contributed by atoms with Crippen LogP contribution >= 0.6 is 0 Å². The number of hydrogen-bond acceptors (Lipinski definition) is 3. The van der Waals surface area contributed by atoms with Crippen LogP contribution < -0.4 is 10.2 Å². The number of nitrogens with zero attached hydrogens (tertiary/aromatic N) is 1. The summed E-state index contributed by atoms with van der Waals surface area (Å²) in [7, 11) is 0. The minimum Gasteiger partial charge on any atom is -0.325 e. The Bertz CT molecular complexity index is 511. The standard InChI is InChI=1S/C15H21N3O3/c1-12(17-10-6-2-3-7-11-17)15(19)16-13-8-4-5-9-14(13)18(20)21/h4-5,8-9,12H,2-3,6-7,10-11H2,1H3,(H,16,19)/p+1/t12-/m0/s1. The molecule has 1 fully saturated rings. The van der Waals surface area contributed by atoms with Gasteiger partial charge in [0.05, 0.1) is 18.0 Å². The van der Waals surface area contributed by atoms with E-state index in [2.05, 4.69) is 5.32 Å². The normalized spacial score (nSPS) is 17.8. The molecule has 0 bridgehead atoms. The largest absolute Gasteiger partial charge is 0.325 e. The third kappa shape index (κ3) is 4.01. The highest BCUT2D eigenvalue weighted by Gasteiger charge is 2.27. The average molecular weight is 292 g/mol. The van der Waals surface area contributed by atoms with E-state index in [1.807, 2.05) is 6.92 Å². The van der Waals surface area contributed by atoms with Crippen molar-refractivity contribution < 1.29 is 14.6 Å². The number of nitro groups is 1. The predicted octanol–water partition coefficient (Wildman–Crippen LogP) is 1.38. The van der Waals surface area contributed by atoms with Crippen molar-refractivity contribution in [1.29, 1.82) is 0 Å². The maximum atomic E-state index is 12.3. The summed E-state index contributed by atoms with van der Waals surface area (Å²) in [4.78, 5) is 24.1. The van der Waals surface area contributed by atoms with Crippen LogP contribution in [0.15, 0.2) is 24.3 Å². The second kappa shape index (κ2) is 7.17. The van der Waals surface area contributed by atoms with E-state index in [4.69, 9.17) is 0 Å². The van der Waals surface area contributed by atoms with Gasteiger partial charge in [-0.1, -0.05) is 12.1 Å². The van der Waals surface area contributed by atoms with Crippen molar-refractivity contribution in [2.45, 2.75) is 38.6 Å². The Kier molecular flexibility index (Phi) is 5.27. The van der Waals surface area contributed by atoms with E-state index in [9.17, 15) is 14.9 Å². The fraction of sp³-hybridized carbons (Fsp3) is 0.533. The number of nitrogens with one attached hydrogen (secondary N) is 2. The summed E-state index contributed by atoms with van der Waals surface area (Å²) < 4.78 is 0. The summed E-state index contributed by atoms with van der Waals surface area (Å²) in [6, 6.07) is 6.06. The topological polar surface area (TPSA) is 76.7 Å². The van der Waals surface area contributed by atoms with Crippen LogP contribution in [0.2, 0.25) is 0 Å². The van der Waals surface area contributed by atoms with Crippen LogP contribution in [0.1, 0.15) is 32.6 Å². The first-order chi connectivity index (χ1) is 10.1. The maximum absolute atomic E-state index is 12.3. The van der Waals surface area contributed by atoms with Crippen LogP contribution in [0.4, 0.5) is 11.4 Å². The zero-order valence-corrected chi connectivity index (χ0v) is 12.3. The molecule has 0 spiro atoms. The van der Waals surface area contributed by atoms with E-state index in [0.717, 1.165) is 25.9 Å². The average Bonchev–Trinajstić information content (AvgIpc) is 2.75. The van der Waals surface area contributed by atoms with Crippen LogP contribution in [0, 0.1) is 10.1 Å². The Balaban J connectivity index is 2.05. The van der Waals surface area contributed by atoms with Crippen molar-refractivity contribution in [2.75, 3.05) is 18.4 Å². The first-order valence-electron chi connectivity index (χ1n) is 7.48. The number of quaternary nitrogens is 1. The second-order valence-corrected chi connectivity index (χ2v) is 5.56. The lowest BCUT2D eigenvalue weighted by atomic mass is 10.2. The number of rotatable bonds is 4. The predicted molar refractivity (Wildman–Crippen MR) is 80.4 cm³/mol. The minimum atomic E-state index is -0.473. The Morgan fingerprint density at radius 2 is 1.86 bits per heavy atom.